The zero-order valence-electron chi connectivity index (χ0n) is 13.5. The van der Waals surface area contributed by atoms with E-state index in [4.69, 9.17) is 4.74 Å². The van der Waals surface area contributed by atoms with Crippen LogP contribution in [0.15, 0.2) is 30.3 Å². The highest BCUT2D eigenvalue weighted by Crippen LogP contribution is 2.13. The van der Waals surface area contributed by atoms with E-state index in [1.54, 1.807) is 0 Å². The topological polar surface area (TPSA) is 32.8 Å². The lowest BCUT2D eigenvalue weighted by molar-refractivity contribution is 0.0583. The Morgan fingerprint density at radius 3 is 2.23 bits per heavy atom. The molecule has 0 atom stereocenters. The van der Waals surface area contributed by atoms with E-state index in [0.29, 0.717) is 12.6 Å². The molecule has 4 nitrogen and oxygen atoms in total. The van der Waals surface area contributed by atoms with Gasteiger partial charge in [0.2, 0.25) is 0 Å². The summed E-state index contributed by atoms with van der Waals surface area (Å²) in [4.78, 5) is 16.4. The molecule has 1 heterocycles. The van der Waals surface area contributed by atoms with Gasteiger partial charge >= 0.3 is 6.09 Å². The normalized spacial score (nSPS) is 15.5. The van der Waals surface area contributed by atoms with Gasteiger partial charge < -0.3 is 9.64 Å². The molecule has 1 amide bonds. The van der Waals surface area contributed by atoms with Gasteiger partial charge in [-0.25, -0.2) is 4.79 Å². The van der Waals surface area contributed by atoms with Crippen molar-refractivity contribution < 1.29 is 9.53 Å². The third-order valence-corrected chi connectivity index (χ3v) is 4.24. The minimum atomic E-state index is -0.192. The Morgan fingerprint density at radius 2 is 1.68 bits per heavy atom. The van der Waals surface area contributed by atoms with Crippen molar-refractivity contribution >= 4 is 18.5 Å². The van der Waals surface area contributed by atoms with Gasteiger partial charge in [0, 0.05) is 32.2 Å². The van der Waals surface area contributed by atoms with E-state index in [-0.39, 0.29) is 18.5 Å². The second kappa shape index (κ2) is 9.70. The van der Waals surface area contributed by atoms with Gasteiger partial charge in [0.05, 0.1) is 0 Å². The molecule has 0 aliphatic carbocycles. The Labute approximate surface area is 139 Å². The highest BCUT2D eigenvalue weighted by Gasteiger charge is 2.25. The van der Waals surface area contributed by atoms with Crippen LogP contribution in [-0.2, 0) is 11.3 Å². The van der Waals surface area contributed by atoms with Gasteiger partial charge in [0.25, 0.3) is 0 Å². The average Bonchev–Trinajstić information content (AvgIpc) is 2.55. The van der Waals surface area contributed by atoms with E-state index in [2.05, 4.69) is 18.7 Å². The average molecular weight is 327 g/mol. The van der Waals surface area contributed by atoms with Gasteiger partial charge in [-0.3, -0.25) is 4.90 Å². The number of ether oxygens (including phenoxy) is 1. The molecule has 0 unspecified atom stereocenters. The minimum Gasteiger partial charge on any atom is -0.445 e. The molecule has 124 valence electrons. The zero-order chi connectivity index (χ0) is 15.1. The summed E-state index contributed by atoms with van der Waals surface area (Å²) in [5, 5.41) is 0. The molecule has 1 saturated heterocycles. The number of piperazine rings is 1. The number of carbonyl (C=O) groups is 1. The molecule has 1 aromatic carbocycles. The van der Waals surface area contributed by atoms with Crippen molar-refractivity contribution in [3.63, 3.8) is 0 Å². The van der Waals surface area contributed by atoms with Crippen molar-refractivity contribution in [2.75, 3.05) is 26.2 Å². The molecule has 22 heavy (non-hydrogen) atoms. The van der Waals surface area contributed by atoms with E-state index in [0.717, 1.165) is 31.7 Å². The van der Waals surface area contributed by atoms with Crippen molar-refractivity contribution in [2.24, 2.45) is 0 Å². The van der Waals surface area contributed by atoms with Crippen LogP contribution in [0.2, 0.25) is 0 Å². The van der Waals surface area contributed by atoms with Crippen LogP contribution in [0.3, 0.4) is 0 Å². The lowest BCUT2D eigenvalue weighted by Gasteiger charge is -2.38. The number of hydrogen-bond acceptors (Lipinski definition) is 3. The van der Waals surface area contributed by atoms with Crippen LogP contribution in [0, 0.1) is 0 Å². The largest absolute Gasteiger partial charge is 0.445 e. The Morgan fingerprint density at radius 1 is 1.09 bits per heavy atom. The first-order chi connectivity index (χ1) is 10.2. The Balaban J connectivity index is 0.00000242. The van der Waals surface area contributed by atoms with Gasteiger partial charge in [-0.1, -0.05) is 44.2 Å². The van der Waals surface area contributed by atoms with Crippen LogP contribution >= 0.6 is 12.4 Å². The van der Waals surface area contributed by atoms with Crippen molar-refractivity contribution in [2.45, 2.75) is 39.3 Å². The standard InChI is InChI=1S/C17H26N2O2.ClH/c1-3-16(4-2)18-10-12-19(13-11-18)17(20)21-14-15-8-6-5-7-9-15;/h5-9,16H,3-4,10-14H2,1-2H3;1H. The molecule has 0 spiro atoms. The monoisotopic (exact) mass is 326 g/mol. The summed E-state index contributed by atoms with van der Waals surface area (Å²) >= 11 is 0. The third kappa shape index (κ3) is 5.18. The van der Waals surface area contributed by atoms with Gasteiger partial charge in [-0.05, 0) is 18.4 Å². The molecule has 0 saturated carbocycles. The molecular weight excluding hydrogens is 300 g/mol. The van der Waals surface area contributed by atoms with Gasteiger partial charge in [0.15, 0.2) is 0 Å². The quantitative estimate of drug-likeness (QED) is 0.829. The number of rotatable bonds is 5. The molecule has 1 aromatic rings. The highest BCUT2D eigenvalue weighted by molar-refractivity contribution is 5.85. The molecular formula is C17H27ClN2O2. The number of halogens is 1. The zero-order valence-corrected chi connectivity index (χ0v) is 14.3. The van der Waals surface area contributed by atoms with Crippen LogP contribution in [0.25, 0.3) is 0 Å². The highest BCUT2D eigenvalue weighted by atomic mass is 35.5. The second-order valence-electron chi connectivity index (χ2n) is 5.53. The van der Waals surface area contributed by atoms with Crippen LogP contribution < -0.4 is 0 Å². The molecule has 1 aliphatic rings. The minimum absolute atomic E-state index is 0. The van der Waals surface area contributed by atoms with Crippen LogP contribution in [0.4, 0.5) is 4.79 Å². The molecule has 1 fully saturated rings. The second-order valence-corrected chi connectivity index (χ2v) is 5.53. The van der Waals surface area contributed by atoms with E-state index in [1.807, 2.05) is 35.2 Å². The molecule has 1 aliphatic heterocycles. The summed E-state index contributed by atoms with van der Waals surface area (Å²) in [7, 11) is 0. The Kier molecular flexibility index (Phi) is 8.28. The fourth-order valence-corrected chi connectivity index (χ4v) is 2.89. The Bertz CT molecular complexity index is 430. The summed E-state index contributed by atoms with van der Waals surface area (Å²) in [5.74, 6) is 0. The summed E-state index contributed by atoms with van der Waals surface area (Å²) in [5.41, 5.74) is 1.03. The first-order valence-electron chi connectivity index (χ1n) is 7.94. The predicted molar refractivity (Wildman–Crippen MR) is 91.4 cm³/mol. The van der Waals surface area contributed by atoms with Crippen LogP contribution in [0.5, 0.6) is 0 Å². The summed E-state index contributed by atoms with van der Waals surface area (Å²) < 4.78 is 5.38. The number of carbonyl (C=O) groups excluding carboxylic acids is 1. The number of nitrogens with zero attached hydrogens (tertiary/aromatic N) is 2. The van der Waals surface area contributed by atoms with E-state index >= 15 is 0 Å². The number of amides is 1. The van der Waals surface area contributed by atoms with Crippen molar-refractivity contribution in [1.82, 2.24) is 9.80 Å². The summed E-state index contributed by atoms with van der Waals surface area (Å²) in [6.07, 6.45) is 2.16. The SMILES string of the molecule is CCC(CC)N1CCN(C(=O)OCc2ccccc2)CC1.Cl. The molecule has 0 bridgehead atoms. The predicted octanol–water partition coefficient (Wildman–Crippen LogP) is 3.55. The number of hydrogen-bond donors (Lipinski definition) is 0. The smallest absolute Gasteiger partial charge is 0.410 e. The molecule has 5 heteroatoms. The first kappa shape index (κ1) is 18.8. The maximum Gasteiger partial charge on any atom is 0.410 e. The van der Waals surface area contributed by atoms with Crippen LogP contribution in [0.1, 0.15) is 32.3 Å². The summed E-state index contributed by atoms with van der Waals surface area (Å²) in [6.45, 7) is 8.25. The first-order valence-corrected chi connectivity index (χ1v) is 7.94. The molecule has 0 aromatic heterocycles. The van der Waals surface area contributed by atoms with E-state index < -0.39 is 0 Å². The van der Waals surface area contributed by atoms with Crippen LogP contribution in [-0.4, -0.2) is 48.1 Å². The van der Waals surface area contributed by atoms with Gasteiger partial charge in [-0.15, -0.1) is 12.4 Å². The van der Waals surface area contributed by atoms with Gasteiger partial charge in [-0.2, -0.15) is 0 Å². The molecule has 0 radical (unpaired) electrons. The molecule has 2 rings (SSSR count). The Hall–Kier alpha value is -1.26. The maximum absolute atomic E-state index is 12.1. The summed E-state index contributed by atoms with van der Waals surface area (Å²) in [6, 6.07) is 10.5. The number of benzene rings is 1. The fraction of sp³-hybridized carbons (Fsp3) is 0.588. The van der Waals surface area contributed by atoms with E-state index in [9.17, 15) is 4.79 Å². The van der Waals surface area contributed by atoms with Crippen molar-refractivity contribution in [3.8, 4) is 0 Å². The fourth-order valence-electron chi connectivity index (χ4n) is 2.89. The van der Waals surface area contributed by atoms with E-state index in [1.165, 1.54) is 12.8 Å². The van der Waals surface area contributed by atoms with Gasteiger partial charge in [0.1, 0.15) is 6.61 Å². The lowest BCUT2D eigenvalue weighted by Crippen LogP contribution is -2.51. The lowest BCUT2D eigenvalue weighted by atomic mass is 10.1. The maximum atomic E-state index is 12.1. The van der Waals surface area contributed by atoms with Crippen molar-refractivity contribution in [1.29, 1.82) is 0 Å². The molecule has 0 N–H and O–H groups in total. The third-order valence-electron chi connectivity index (χ3n) is 4.24. The van der Waals surface area contributed by atoms with Crippen molar-refractivity contribution in [3.05, 3.63) is 35.9 Å².